The van der Waals surface area contributed by atoms with Crippen LogP contribution in [0.25, 0.3) is 0 Å². The Morgan fingerprint density at radius 1 is 1.11 bits per heavy atom. The van der Waals surface area contributed by atoms with Crippen molar-refractivity contribution >= 4 is 11.8 Å². The minimum Gasteiger partial charge on any atom is -0.486 e. The van der Waals surface area contributed by atoms with E-state index in [1.54, 1.807) is 19.2 Å². The lowest BCUT2D eigenvalue weighted by atomic mass is 9.87. The van der Waals surface area contributed by atoms with E-state index in [0.29, 0.717) is 31.2 Å². The number of carbonyl (C=O) groups is 2. The zero-order chi connectivity index (χ0) is 24.8. The first-order valence-corrected chi connectivity index (χ1v) is 11.9. The summed E-state index contributed by atoms with van der Waals surface area (Å²) in [6.07, 6.45) is 0.803. The summed E-state index contributed by atoms with van der Waals surface area (Å²) in [5.41, 5.74) is 3.37. The molecule has 1 aliphatic rings. The number of fused-ring (bicyclic) bond motifs is 1. The third-order valence-electron chi connectivity index (χ3n) is 6.10. The maximum Gasteiger partial charge on any atom is 0.287 e. The third kappa shape index (κ3) is 5.74. The van der Waals surface area contributed by atoms with Crippen LogP contribution in [-0.2, 0) is 22.6 Å². The molecule has 7 nitrogen and oxygen atoms in total. The van der Waals surface area contributed by atoms with E-state index in [4.69, 9.17) is 13.9 Å². The summed E-state index contributed by atoms with van der Waals surface area (Å²) in [6.45, 7) is 5.60. The van der Waals surface area contributed by atoms with Crippen LogP contribution in [0.2, 0.25) is 0 Å². The molecule has 0 radical (unpaired) electrons. The second kappa shape index (κ2) is 11.2. The first-order valence-electron chi connectivity index (χ1n) is 11.9. The monoisotopic (exact) mass is 476 g/mol. The Kier molecular flexibility index (Phi) is 7.87. The quantitative estimate of drug-likeness (QED) is 0.464. The molecule has 2 aromatic carbocycles. The average Bonchev–Trinajstić information content (AvgIpc) is 3.36. The summed E-state index contributed by atoms with van der Waals surface area (Å²) < 4.78 is 16.6. The largest absolute Gasteiger partial charge is 0.486 e. The van der Waals surface area contributed by atoms with Crippen molar-refractivity contribution in [1.29, 1.82) is 0 Å². The normalized spacial score (nSPS) is 15.1. The number of benzene rings is 2. The van der Waals surface area contributed by atoms with Gasteiger partial charge in [0, 0.05) is 26.1 Å². The molecule has 7 heteroatoms. The van der Waals surface area contributed by atoms with Crippen LogP contribution in [-0.4, -0.2) is 43.5 Å². The molecular formula is C28H32N2O5. The van der Waals surface area contributed by atoms with Gasteiger partial charge in [0.15, 0.2) is 5.76 Å². The van der Waals surface area contributed by atoms with Gasteiger partial charge in [-0.1, -0.05) is 50.2 Å². The highest BCUT2D eigenvalue weighted by Gasteiger charge is 2.33. The number of rotatable bonds is 9. The number of nitrogens with one attached hydrogen (secondary N) is 1. The van der Waals surface area contributed by atoms with Crippen molar-refractivity contribution in [3.05, 3.63) is 88.9 Å². The number of furan rings is 1. The third-order valence-corrected chi connectivity index (χ3v) is 6.10. The van der Waals surface area contributed by atoms with Gasteiger partial charge in [-0.15, -0.1) is 0 Å². The molecule has 1 N–H and O–H groups in total. The Labute approximate surface area is 206 Å². The molecular weight excluding hydrogens is 444 g/mol. The van der Waals surface area contributed by atoms with Gasteiger partial charge in [-0.3, -0.25) is 9.59 Å². The number of carbonyl (C=O) groups excluding carboxylic acids is 2. The Bertz CT molecular complexity index is 1160. The molecule has 0 saturated heterocycles. The Balaban J connectivity index is 1.52. The summed E-state index contributed by atoms with van der Waals surface area (Å²) in [4.78, 5) is 27.2. The molecule has 4 rings (SSSR count). The van der Waals surface area contributed by atoms with Crippen LogP contribution < -0.4 is 10.1 Å². The van der Waals surface area contributed by atoms with Crippen molar-refractivity contribution in [2.45, 2.75) is 32.9 Å². The molecule has 0 saturated carbocycles. The van der Waals surface area contributed by atoms with Gasteiger partial charge in [-0.05, 0) is 47.4 Å². The van der Waals surface area contributed by atoms with Crippen LogP contribution in [0.15, 0.2) is 65.1 Å². The molecule has 0 spiro atoms. The van der Waals surface area contributed by atoms with E-state index in [0.717, 1.165) is 17.5 Å². The molecule has 0 aliphatic carbocycles. The predicted octanol–water partition coefficient (Wildman–Crippen LogP) is 4.36. The van der Waals surface area contributed by atoms with Crippen molar-refractivity contribution in [3.63, 3.8) is 0 Å². The number of hydrogen-bond acceptors (Lipinski definition) is 5. The van der Waals surface area contributed by atoms with Crippen molar-refractivity contribution in [2.24, 2.45) is 5.92 Å². The molecule has 184 valence electrons. The SMILES string of the molecule is COCCNC(=O)c1ccc(COc2ccc3c(c2)[C@@H](c2ccccc2)N(C(=O)C(C)C)CC3)o1. The molecule has 1 atom stereocenters. The van der Waals surface area contributed by atoms with E-state index in [1.807, 2.05) is 49.1 Å². The van der Waals surface area contributed by atoms with E-state index in [1.165, 1.54) is 5.56 Å². The Hall–Kier alpha value is -3.58. The van der Waals surface area contributed by atoms with E-state index in [9.17, 15) is 9.59 Å². The van der Waals surface area contributed by atoms with E-state index < -0.39 is 0 Å². The lowest BCUT2D eigenvalue weighted by molar-refractivity contribution is -0.136. The highest BCUT2D eigenvalue weighted by molar-refractivity contribution is 5.91. The fourth-order valence-corrected chi connectivity index (χ4v) is 4.33. The van der Waals surface area contributed by atoms with Crippen LogP contribution in [0.4, 0.5) is 0 Å². The summed E-state index contributed by atoms with van der Waals surface area (Å²) in [5.74, 6) is 1.24. The molecule has 2 amide bonds. The number of ether oxygens (including phenoxy) is 2. The van der Waals surface area contributed by atoms with Gasteiger partial charge in [-0.2, -0.15) is 0 Å². The first kappa shape index (κ1) is 24.5. The standard InChI is InChI=1S/C28H32N2O5/c1-19(2)28(32)30-15-13-20-9-10-22(17-24(20)26(30)21-7-5-4-6-8-21)34-18-23-11-12-25(35-23)27(31)29-14-16-33-3/h4-12,17,19,26H,13-16,18H2,1-3H3,(H,29,31)/t26-/m1/s1. The second-order valence-electron chi connectivity index (χ2n) is 8.91. The molecule has 3 aromatic rings. The minimum atomic E-state index is -0.289. The molecule has 1 aromatic heterocycles. The van der Waals surface area contributed by atoms with E-state index in [2.05, 4.69) is 23.5 Å². The Morgan fingerprint density at radius 2 is 1.91 bits per heavy atom. The topological polar surface area (TPSA) is 81.0 Å². The van der Waals surface area contributed by atoms with Crippen molar-refractivity contribution < 1.29 is 23.5 Å². The van der Waals surface area contributed by atoms with Crippen LogP contribution in [0, 0.1) is 5.92 Å². The molecule has 2 heterocycles. The number of hydrogen-bond donors (Lipinski definition) is 1. The number of amides is 2. The van der Waals surface area contributed by atoms with E-state index in [-0.39, 0.29) is 36.1 Å². The maximum atomic E-state index is 13.1. The molecule has 0 bridgehead atoms. The van der Waals surface area contributed by atoms with Gasteiger partial charge < -0.3 is 24.1 Å². The minimum absolute atomic E-state index is 0.0814. The summed E-state index contributed by atoms with van der Waals surface area (Å²) in [5, 5.41) is 2.73. The number of methoxy groups -OCH3 is 1. The van der Waals surface area contributed by atoms with Gasteiger partial charge in [0.05, 0.1) is 12.6 Å². The molecule has 0 unspecified atom stereocenters. The molecule has 1 aliphatic heterocycles. The fraction of sp³-hybridized carbons (Fsp3) is 0.357. The zero-order valence-electron chi connectivity index (χ0n) is 20.5. The van der Waals surface area contributed by atoms with Crippen molar-refractivity contribution in [3.8, 4) is 5.75 Å². The first-order chi connectivity index (χ1) is 17.0. The van der Waals surface area contributed by atoms with Crippen LogP contribution in [0.3, 0.4) is 0 Å². The highest BCUT2D eigenvalue weighted by Crippen LogP contribution is 2.38. The fourth-order valence-electron chi connectivity index (χ4n) is 4.33. The molecule has 35 heavy (non-hydrogen) atoms. The Morgan fingerprint density at radius 3 is 2.66 bits per heavy atom. The summed E-state index contributed by atoms with van der Waals surface area (Å²) in [7, 11) is 1.58. The van der Waals surface area contributed by atoms with Crippen LogP contribution in [0.5, 0.6) is 5.75 Å². The van der Waals surface area contributed by atoms with E-state index >= 15 is 0 Å². The highest BCUT2D eigenvalue weighted by atomic mass is 16.5. The van der Waals surface area contributed by atoms with Gasteiger partial charge >= 0.3 is 0 Å². The lowest BCUT2D eigenvalue weighted by Gasteiger charge is -2.39. The summed E-state index contributed by atoms with van der Waals surface area (Å²) in [6, 6.07) is 19.4. The smallest absolute Gasteiger partial charge is 0.287 e. The van der Waals surface area contributed by atoms with Crippen molar-refractivity contribution in [1.82, 2.24) is 10.2 Å². The van der Waals surface area contributed by atoms with Gasteiger partial charge in [0.1, 0.15) is 18.1 Å². The van der Waals surface area contributed by atoms with Crippen LogP contribution in [0.1, 0.15) is 52.9 Å². The predicted molar refractivity (Wildman–Crippen MR) is 132 cm³/mol. The summed E-state index contributed by atoms with van der Waals surface area (Å²) >= 11 is 0. The van der Waals surface area contributed by atoms with Gasteiger partial charge in [0.25, 0.3) is 5.91 Å². The van der Waals surface area contributed by atoms with Crippen molar-refractivity contribution in [2.75, 3.05) is 26.8 Å². The maximum absolute atomic E-state index is 13.1. The second-order valence-corrected chi connectivity index (χ2v) is 8.91. The zero-order valence-corrected chi connectivity index (χ0v) is 20.5. The average molecular weight is 477 g/mol. The lowest BCUT2D eigenvalue weighted by Crippen LogP contribution is -2.42. The van der Waals surface area contributed by atoms with Crippen LogP contribution >= 0.6 is 0 Å². The number of nitrogens with zero attached hydrogens (tertiary/aromatic N) is 1. The molecule has 0 fully saturated rings. The van der Waals surface area contributed by atoms with Gasteiger partial charge in [0.2, 0.25) is 5.91 Å². The van der Waals surface area contributed by atoms with Gasteiger partial charge in [-0.25, -0.2) is 0 Å².